The normalized spacial score (nSPS) is 29.6. The second-order valence-corrected chi connectivity index (χ2v) is 12.3. The summed E-state index contributed by atoms with van der Waals surface area (Å²) in [5.74, 6) is -1.88. The van der Waals surface area contributed by atoms with Crippen molar-refractivity contribution < 1.29 is 19.5 Å². The zero-order chi connectivity index (χ0) is 26.3. The van der Waals surface area contributed by atoms with Gasteiger partial charge in [-0.2, -0.15) is 0 Å². The highest BCUT2D eigenvalue weighted by Gasteiger charge is 2.74. The predicted octanol–water partition coefficient (Wildman–Crippen LogP) is 4.42. The van der Waals surface area contributed by atoms with E-state index in [1.807, 2.05) is 44.2 Å². The van der Waals surface area contributed by atoms with E-state index in [9.17, 15) is 19.5 Å². The van der Waals surface area contributed by atoms with E-state index in [0.717, 1.165) is 12.8 Å². The first-order valence-corrected chi connectivity index (χ1v) is 14.1. The molecule has 2 bridgehead atoms. The number of aliphatic hydroxyl groups is 1. The number of aliphatic hydroxyl groups excluding tert-OH is 1. The van der Waals surface area contributed by atoms with Crippen LogP contribution in [0.1, 0.15) is 33.1 Å². The summed E-state index contributed by atoms with van der Waals surface area (Å²) in [4.78, 5) is 43.3. The van der Waals surface area contributed by atoms with Crippen LogP contribution in [0.15, 0.2) is 54.6 Å². The molecule has 0 aliphatic carbocycles. The van der Waals surface area contributed by atoms with Gasteiger partial charge in [-0.05, 0) is 55.2 Å². The first-order valence-electron chi connectivity index (χ1n) is 12.8. The number of benzene rings is 2. The van der Waals surface area contributed by atoms with E-state index in [1.165, 1.54) is 0 Å². The topological polar surface area (TPSA) is 98.7 Å². The lowest BCUT2D eigenvalue weighted by atomic mass is 9.70. The Balaban J connectivity index is 1.52. The maximum Gasteiger partial charge on any atom is 0.248 e. The second kappa shape index (κ2) is 10.3. The maximum atomic E-state index is 14.2. The fourth-order valence-electron chi connectivity index (χ4n) is 6.35. The minimum atomic E-state index is -0.795. The van der Waals surface area contributed by atoms with Crippen LogP contribution in [-0.2, 0) is 14.4 Å². The number of para-hydroxylation sites is 1. The summed E-state index contributed by atoms with van der Waals surface area (Å²) in [6.07, 6.45) is 2.17. The lowest BCUT2D eigenvalue weighted by molar-refractivity contribution is -0.142. The molecule has 0 saturated carbocycles. The van der Waals surface area contributed by atoms with Gasteiger partial charge in [0.25, 0.3) is 0 Å². The van der Waals surface area contributed by atoms with Gasteiger partial charge in [-0.25, -0.2) is 0 Å². The Labute approximate surface area is 226 Å². The minimum absolute atomic E-state index is 0.0196. The number of anilines is 2. The molecule has 9 heteroatoms. The van der Waals surface area contributed by atoms with Crippen molar-refractivity contribution in [3.05, 3.63) is 59.6 Å². The van der Waals surface area contributed by atoms with Crippen molar-refractivity contribution in [3.8, 4) is 0 Å². The number of thioether (sulfide) groups is 1. The summed E-state index contributed by atoms with van der Waals surface area (Å²) in [6, 6.07) is 14.8. The van der Waals surface area contributed by atoms with Gasteiger partial charge >= 0.3 is 0 Å². The summed E-state index contributed by atoms with van der Waals surface area (Å²) in [5.41, 5.74) is 1.27. The molecule has 196 valence electrons. The smallest absolute Gasteiger partial charge is 0.248 e. The first-order chi connectivity index (χ1) is 17.8. The molecule has 2 aromatic carbocycles. The molecule has 0 aromatic heterocycles. The number of carbonyl (C=O) groups excluding carboxylic acids is 3. The molecule has 0 radical (unpaired) electrons. The maximum absolute atomic E-state index is 14.2. The molecular weight excluding hydrogens is 510 g/mol. The zero-order valence-corrected chi connectivity index (χ0v) is 22.5. The van der Waals surface area contributed by atoms with Gasteiger partial charge in [0.2, 0.25) is 17.7 Å². The number of halogens is 1. The molecule has 37 heavy (non-hydrogen) atoms. The third-order valence-corrected chi connectivity index (χ3v) is 10.5. The van der Waals surface area contributed by atoms with Gasteiger partial charge in [-0.1, -0.05) is 50.1 Å². The number of nitrogens with zero attached hydrogens (tertiary/aromatic N) is 1. The molecule has 5 rings (SSSR count). The summed E-state index contributed by atoms with van der Waals surface area (Å²) in [7, 11) is 0. The van der Waals surface area contributed by atoms with Gasteiger partial charge < -0.3 is 20.6 Å². The van der Waals surface area contributed by atoms with Crippen LogP contribution in [0, 0.1) is 17.8 Å². The monoisotopic (exact) mass is 541 g/mol. The number of fused-ring (bicyclic) bond motifs is 1. The number of nitrogens with one attached hydrogen (secondary N) is 2. The van der Waals surface area contributed by atoms with Gasteiger partial charge in [0.1, 0.15) is 6.04 Å². The number of hydrogen-bond acceptors (Lipinski definition) is 5. The predicted molar refractivity (Wildman–Crippen MR) is 146 cm³/mol. The zero-order valence-electron chi connectivity index (χ0n) is 20.9. The molecule has 3 amide bonds. The van der Waals surface area contributed by atoms with Crippen molar-refractivity contribution in [1.29, 1.82) is 0 Å². The molecule has 7 atom stereocenters. The molecule has 3 heterocycles. The molecule has 2 unspecified atom stereocenters. The molecular formula is C28H32ClN3O4S. The van der Waals surface area contributed by atoms with E-state index in [0.29, 0.717) is 22.8 Å². The largest absolute Gasteiger partial charge is 0.394 e. The molecule has 3 saturated heterocycles. The van der Waals surface area contributed by atoms with Crippen molar-refractivity contribution >= 4 is 52.5 Å². The Morgan fingerprint density at radius 1 is 1.11 bits per heavy atom. The number of amides is 3. The van der Waals surface area contributed by atoms with Gasteiger partial charge in [-0.3, -0.25) is 14.4 Å². The Morgan fingerprint density at radius 3 is 2.41 bits per heavy atom. The fraction of sp³-hybridized carbons (Fsp3) is 0.464. The van der Waals surface area contributed by atoms with Crippen LogP contribution in [0.25, 0.3) is 0 Å². The van der Waals surface area contributed by atoms with Crippen molar-refractivity contribution in [2.75, 3.05) is 17.2 Å². The molecule has 7 nitrogen and oxygen atoms in total. The summed E-state index contributed by atoms with van der Waals surface area (Å²) in [5, 5.41) is 16.9. The summed E-state index contributed by atoms with van der Waals surface area (Å²) >= 11 is 7.63. The quantitative estimate of drug-likeness (QED) is 0.459. The van der Waals surface area contributed by atoms with Gasteiger partial charge in [0, 0.05) is 21.6 Å². The highest BCUT2D eigenvalue weighted by atomic mass is 35.5. The van der Waals surface area contributed by atoms with E-state index in [-0.39, 0.29) is 35.5 Å². The molecule has 3 aliphatic heterocycles. The standard InChI is InChI=1S/C28H32ClN3O4S/c1-3-16(2)20(15-33)32-24(26(35)31-19-11-9-17(29)10-12-19)28-14-13-21(37-28)22(23(28)27(32)36)25(34)30-18-7-5-4-6-8-18/h4-12,16,20-24,33H,3,13-15H2,1-2H3,(H,30,34)(H,31,35)/t16-,20-,21-,22+,23-,24?,28?/m0/s1. The van der Waals surface area contributed by atoms with E-state index in [2.05, 4.69) is 10.6 Å². The van der Waals surface area contributed by atoms with Crippen LogP contribution in [0.3, 0.4) is 0 Å². The highest BCUT2D eigenvalue weighted by molar-refractivity contribution is 8.02. The van der Waals surface area contributed by atoms with Crippen LogP contribution in [0.4, 0.5) is 11.4 Å². The Hall–Kier alpha value is -2.55. The van der Waals surface area contributed by atoms with Crippen molar-refractivity contribution in [3.63, 3.8) is 0 Å². The van der Waals surface area contributed by atoms with Crippen molar-refractivity contribution in [2.24, 2.45) is 17.8 Å². The van der Waals surface area contributed by atoms with Crippen molar-refractivity contribution in [1.82, 2.24) is 4.90 Å². The van der Waals surface area contributed by atoms with E-state index >= 15 is 0 Å². The fourth-order valence-corrected chi connectivity index (χ4v) is 8.69. The van der Waals surface area contributed by atoms with Crippen LogP contribution in [-0.4, -0.2) is 56.4 Å². The summed E-state index contributed by atoms with van der Waals surface area (Å²) < 4.78 is -0.724. The number of likely N-dealkylation sites (tertiary alicyclic amines) is 1. The third-order valence-electron chi connectivity index (χ3n) is 8.29. The van der Waals surface area contributed by atoms with E-state index < -0.39 is 28.7 Å². The molecule has 2 aromatic rings. The lowest BCUT2D eigenvalue weighted by Gasteiger charge is -2.39. The SMILES string of the molecule is CC[C@H](C)[C@H](CO)N1C(=O)[C@@H]2[C@H](C(=O)Nc3ccccc3)[C@@H]3CCC2(S3)C1C(=O)Nc1ccc(Cl)cc1. The summed E-state index contributed by atoms with van der Waals surface area (Å²) in [6.45, 7) is 3.74. The van der Waals surface area contributed by atoms with E-state index in [1.54, 1.807) is 40.9 Å². The number of rotatable bonds is 8. The average Bonchev–Trinajstić information content (AvgIpc) is 3.54. The van der Waals surface area contributed by atoms with Crippen molar-refractivity contribution in [2.45, 2.75) is 55.2 Å². The molecule has 1 spiro atoms. The Morgan fingerprint density at radius 2 is 1.76 bits per heavy atom. The van der Waals surface area contributed by atoms with Crippen LogP contribution in [0.5, 0.6) is 0 Å². The Kier molecular flexibility index (Phi) is 7.27. The van der Waals surface area contributed by atoms with Gasteiger partial charge in [-0.15, -0.1) is 11.8 Å². The second-order valence-electron chi connectivity index (χ2n) is 10.3. The number of carbonyl (C=O) groups is 3. The number of hydrogen-bond donors (Lipinski definition) is 3. The van der Waals surface area contributed by atoms with Crippen LogP contribution in [0.2, 0.25) is 5.02 Å². The molecule has 3 aliphatic rings. The first kappa shape index (κ1) is 26.1. The van der Waals surface area contributed by atoms with Gasteiger partial charge in [0.15, 0.2) is 0 Å². The van der Waals surface area contributed by atoms with Crippen LogP contribution >= 0.6 is 23.4 Å². The van der Waals surface area contributed by atoms with E-state index in [4.69, 9.17) is 11.6 Å². The average molecular weight is 542 g/mol. The van der Waals surface area contributed by atoms with Crippen LogP contribution < -0.4 is 10.6 Å². The molecule has 3 fully saturated rings. The minimum Gasteiger partial charge on any atom is -0.394 e. The van der Waals surface area contributed by atoms with Gasteiger partial charge in [0.05, 0.1) is 29.2 Å². The lowest BCUT2D eigenvalue weighted by Crippen LogP contribution is -2.56. The third kappa shape index (κ3) is 4.43. The highest BCUT2D eigenvalue weighted by Crippen LogP contribution is 2.67. The molecule has 3 N–H and O–H groups in total. The Bertz CT molecular complexity index is 1180.